The van der Waals surface area contributed by atoms with Crippen LogP contribution in [0.2, 0.25) is 0 Å². The summed E-state index contributed by atoms with van der Waals surface area (Å²) in [6.07, 6.45) is 0. The predicted octanol–water partition coefficient (Wildman–Crippen LogP) is 0.426. The second-order valence-corrected chi connectivity index (χ2v) is 3.57. The van der Waals surface area contributed by atoms with E-state index in [0.29, 0.717) is 32.1 Å². The van der Waals surface area contributed by atoms with Crippen molar-refractivity contribution in [2.24, 2.45) is 0 Å². The van der Waals surface area contributed by atoms with Gasteiger partial charge in [-0.1, -0.05) is 5.21 Å². The van der Waals surface area contributed by atoms with Gasteiger partial charge in [0.1, 0.15) is 6.61 Å². The summed E-state index contributed by atoms with van der Waals surface area (Å²) in [5, 5.41) is 7.71. The van der Waals surface area contributed by atoms with E-state index in [-0.39, 0.29) is 12.3 Å². The van der Waals surface area contributed by atoms with E-state index in [1.807, 2.05) is 6.92 Å². The summed E-state index contributed by atoms with van der Waals surface area (Å²) in [5.74, 6) is -0.479. The van der Waals surface area contributed by atoms with Crippen LogP contribution >= 0.6 is 0 Å². The van der Waals surface area contributed by atoms with Gasteiger partial charge in [-0.2, -0.15) is 0 Å². The number of ether oxygens (including phenoxy) is 3. The zero-order chi connectivity index (χ0) is 13.4. The van der Waals surface area contributed by atoms with Crippen LogP contribution in [-0.4, -0.2) is 54.5 Å². The molecular formula is C11H19N3O4. The van der Waals surface area contributed by atoms with Gasteiger partial charge in [0.05, 0.1) is 25.5 Å². The maximum absolute atomic E-state index is 11.7. The molecule has 0 aliphatic carbocycles. The van der Waals surface area contributed by atoms with E-state index < -0.39 is 5.97 Å². The van der Waals surface area contributed by atoms with Crippen molar-refractivity contribution >= 4 is 5.97 Å². The molecule has 0 saturated carbocycles. The van der Waals surface area contributed by atoms with Crippen molar-refractivity contribution < 1.29 is 19.0 Å². The summed E-state index contributed by atoms with van der Waals surface area (Å²) < 4.78 is 16.6. The van der Waals surface area contributed by atoms with Crippen LogP contribution in [0.25, 0.3) is 0 Å². The first-order valence-electron chi connectivity index (χ1n) is 5.84. The fourth-order valence-electron chi connectivity index (χ4n) is 1.34. The molecule has 0 aliphatic heterocycles. The zero-order valence-electron chi connectivity index (χ0n) is 11.0. The lowest BCUT2D eigenvalue weighted by Gasteiger charge is -2.04. The minimum absolute atomic E-state index is 0.209. The minimum atomic E-state index is -0.479. The van der Waals surface area contributed by atoms with Crippen LogP contribution in [0.4, 0.5) is 0 Å². The van der Waals surface area contributed by atoms with Crippen LogP contribution in [0.1, 0.15) is 23.1 Å². The van der Waals surface area contributed by atoms with Crippen molar-refractivity contribution in [3.05, 3.63) is 11.4 Å². The molecule has 0 spiro atoms. The summed E-state index contributed by atoms with van der Waals surface area (Å²) in [6, 6.07) is 0. The highest BCUT2D eigenvalue weighted by Gasteiger charge is 2.17. The highest BCUT2D eigenvalue weighted by Crippen LogP contribution is 2.05. The van der Waals surface area contributed by atoms with Gasteiger partial charge >= 0.3 is 5.97 Å². The van der Waals surface area contributed by atoms with Gasteiger partial charge in [-0.05, 0) is 13.8 Å². The Balaban J connectivity index is 2.53. The average Bonchev–Trinajstić information content (AvgIpc) is 2.72. The fourth-order valence-corrected chi connectivity index (χ4v) is 1.34. The number of hydrogen-bond donors (Lipinski definition) is 0. The number of rotatable bonds is 8. The first-order valence-corrected chi connectivity index (χ1v) is 5.84. The summed E-state index contributed by atoms with van der Waals surface area (Å²) in [5.41, 5.74) is 0.916. The van der Waals surface area contributed by atoms with Crippen LogP contribution in [0.5, 0.6) is 0 Å². The van der Waals surface area contributed by atoms with E-state index in [9.17, 15) is 4.79 Å². The molecule has 0 saturated heterocycles. The number of esters is 1. The molecule has 1 aromatic rings. The Morgan fingerprint density at radius 3 is 2.78 bits per heavy atom. The topological polar surface area (TPSA) is 75.5 Å². The molecule has 0 fully saturated rings. The van der Waals surface area contributed by atoms with Gasteiger partial charge in [0.15, 0.2) is 5.69 Å². The molecule has 7 heteroatoms. The largest absolute Gasteiger partial charge is 0.458 e. The maximum Gasteiger partial charge on any atom is 0.360 e. The Hall–Kier alpha value is -1.47. The molecule has 0 unspecified atom stereocenters. The van der Waals surface area contributed by atoms with Crippen molar-refractivity contribution in [3.8, 4) is 0 Å². The van der Waals surface area contributed by atoms with E-state index in [4.69, 9.17) is 14.2 Å². The lowest BCUT2D eigenvalue weighted by atomic mass is 10.3. The number of methoxy groups -OCH3 is 1. The van der Waals surface area contributed by atoms with Crippen molar-refractivity contribution in [2.45, 2.75) is 20.4 Å². The third-order valence-electron chi connectivity index (χ3n) is 2.35. The smallest absolute Gasteiger partial charge is 0.360 e. The second-order valence-electron chi connectivity index (χ2n) is 3.57. The van der Waals surface area contributed by atoms with Gasteiger partial charge in [0.2, 0.25) is 0 Å². The van der Waals surface area contributed by atoms with E-state index in [1.165, 1.54) is 0 Å². The molecule has 18 heavy (non-hydrogen) atoms. The molecule has 1 rings (SSSR count). The van der Waals surface area contributed by atoms with Crippen LogP contribution < -0.4 is 0 Å². The van der Waals surface area contributed by atoms with Gasteiger partial charge in [-0.15, -0.1) is 5.10 Å². The van der Waals surface area contributed by atoms with Gasteiger partial charge in [-0.25, -0.2) is 9.48 Å². The number of carbonyl (C=O) groups is 1. The van der Waals surface area contributed by atoms with E-state index >= 15 is 0 Å². The third kappa shape index (κ3) is 4.08. The molecule has 0 aliphatic rings. The Morgan fingerprint density at radius 1 is 1.33 bits per heavy atom. The van der Waals surface area contributed by atoms with Gasteiger partial charge in [0, 0.05) is 13.7 Å². The monoisotopic (exact) mass is 257 g/mol. The van der Waals surface area contributed by atoms with E-state index in [2.05, 4.69) is 10.3 Å². The average molecular weight is 257 g/mol. The van der Waals surface area contributed by atoms with Crippen molar-refractivity contribution in [1.29, 1.82) is 0 Å². The predicted molar refractivity (Wildman–Crippen MR) is 63.4 cm³/mol. The Kier molecular flexibility index (Phi) is 6.31. The lowest BCUT2D eigenvalue weighted by molar-refractivity contribution is 0.0380. The summed E-state index contributed by atoms with van der Waals surface area (Å²) in [7, 11) is 1.54. The zero-order valence-corrected chi connectivity index (χ0v) is 11.0. The molecular weight excluding hydrogens is 238 g/mol. The molecule has 0 N–H and O–H groups in total. The Bertz CT molecular complexity index is 378. The lowest BCUT2D eigenvalue weighted by Crippen LogP contribution is -2.13. The molecule has 0 amide bonds. The minimum Gasteiger partial charge on any atom is -0.458 e. The van der Waals surface area contributed by atoms with Crippen molar-refractivity contribution in [3.63, 3.8) is 0 Å². The summed E-state index contributed by atoms with van der Waals surface area (Å²) in [6.45, 7) is 6.03. The van der Waals surface area contributed by atoms with Crippen LogP contribution in [0.15, 0.2) is 0 Å². The molecule has 102 valence electrons. The highest BCUT2D eigenvalue weighted by atomic mass is 16.6. The number of hydrogen-bond acceptors (Lipinski definition) is 6. The fraction of sp³-hybridized carbons (Fsp3) is 0.727. The second kappa shape index (κ2) is 7.78. The van der Waals surface area contributed by atoms with Gasteiger partial charge in [-0.3, -0.25) is 0 Å². The molecule has 7 nitrogen and oxygen atoms in total. The van der Waals surface area contributed by atoms with Crippen LogP contribution in [0, 0.1) is 6.92 Å². The van der Waals surface area contributed by atoms with Crippen molar-refractivity contribution in [1.82, 2.24) is 15.0 Å². The number of aromatic nitrogens is 3. The molecule has 0 atom stereocenters. The summed E-state index contributed by atoms with van der Waals surface area (Å²) >= 11 is 0. The van der Waals surface area contributed by atoms with E-state index in [1.54, 1.807) is 18.7 Å². The van der Waals surface area contributed by atoms with Gasteiger partial charge < -0.3 is 14.2 Å². The normalized spacial score (nSPS) is 10.6. The molecule has 0 aromatic carbocycles. The Labute approximate surface area is 106 Å². The first kappa shape index (κ1) is 14.6. The molecule has 1 aromatic heterocycles. The first-order chi connectivity index (χ1) is 8.70. The molecule has 1 heterocycles. The van der Waals surface area contributed by atoms with Gasteiger partial charge in [0.25, 0.3) is 0 Å². The standard InChI is InChI=1S/C11H19N3O4/c1-4-17-6-5-14-9(2)10(12-13-14)11(15)18-8-7-16-3/h4-8H2,1-3H3. The maximum atomic E-state index is 11.7. The molecule has 0 bridgehead atoms. The SMILES string of the molecule is CCOCCn1nnc(C(=O)OCCOC)c1C. The van der Waals surface area contributed by atoms with Crippen LogP contribution in [0.3, 0.4) is 0 Å². The van der Waals surface area contributed by atoms with Crippen molar-refractivity contribution in [2.75, 3.05) is 33.5 Å². The number of nitrogens with zero attached hydrogens (tertiary/aromatic N) is 3. The highest BCUT2D eigenvalue weighted by molar-refractivity contribution is 5.88. The van der Waals surface area contributed by atoms with E-state index in [0.717, 1.165) is 0 Å². The third-order valence-corrected chi connectivity index (χ3v) is 2.35. The van der Waals surface area contributed by atoms with Crippen LogP contribution in [-0.2, 0) is 20.8 Å². The molecule has 0 radical (unpaired) electrons. The summed E-state index contributed by atoms with van der Waals surface area (Å²) in [4.78, 5) is 11.7. The quantitative estimate of drug-likeness (QED) is 0.496. The Morgan fingerprint density at radius 2 is 2.11 bits per heavy atom. The number of carbonyl (C=O) groups excluding carboxylic acids is 1.